The van der Waals surface area contributed by atoms with Gasteiger partial charge in [0.05, 0.1) is 0 Å². The molecule has 4 atom stereocenters. The highest BCUT2D eigenvalue weighted by Gasteiger charge is 2.70. The molecule has 2 aliphatic rings. The Balaban J connectivity index is 2.50. The zero-order chi connectivity index (χ0) is 10.0. The van der Waals surface area contributed by atoms with Crippen molar-refractivity contribution in [2.24, 2.45) is 22.7 Å². The lowest BCUT2D eigenvalue weighted by Gasteiger charge is -2.34. The van der Waals surface area contributed by atoms with E-state index in [1.165, 1.54) is 0 Å². The van der Waals surface area contributed by atoms with Crippen LogP contribution in [0.15, 0.2) is 11.7 Å². The molecule has 0 nitrogen and oxygen atoms in total. The zero-order valence-corrected chi connectivity index (χ0v) is 8.62. The Morgan fingerprint density at radius 3 is 2.31 bits per heavy atom. The molecule has 0 aromatic heterocycles. The van der Waals surface area contributed by atoms with Gasteiger partial charge in [-0.3, -0.25) is 0 Å². The molecule has 0 radical (unpaired) electrons. The van der Waals surface area contributed by atoms with E-state index in [-0.39, 0.29) is 17.3 Å². The minimum Gasteiger partial charge on any atom is -0.209 e. The molecule has 0 aromatic carbocycles. The molecule has 74 valence electrons. The lowest BCUT2D eigenvalue weighted by molar-refractivity contribution is 0.167. The second kappa shape index (κ2) is 2.15. The molecular weight excluding hydrogens is 170 g/mol. The first kappa shape index (κ1) is 9.17. The fourth-order valence-electron chi connectivity index (χ4n) is 2.92. The van der Waals surface area contributed by atoms with Crippen LogP contribution < -0.4 is 0 Å². The Bertz CT molecular complexity index is 294. The molecule has 13 heavy (non-hydrogen) atoms. The van der Waals surface area contributed by atoms with E-state index < -0.39 is 17.1 Å². The fourth-order valence-corrected chi connectivity index (χ4v) is 2.92. The van der Waals surface area contributed by atoms with Gasteiger partial charge in [0.2, 0.25) is 0 Å². The van der Waals surface area contributed by atoms with Crippen LogP contribution in [0.5, 0.6) is 0 Å². The topological polar surface area (TPSA) is 0 Å². The predicted molar refractivity (Wildman–Crippen MR) is 48.4 cm³/mol. The van der Waals surface area contributed by atoms with Crippen LogP contribution in [0.1, 0.15) is 34.1 Å². The third kappa shape index (κ3) is 0.798. The third-order valence-electron chi connectivity index (χ3n) is 4.71. The summed E-state index contributed by atoms with van der Waals surface area (Å²) in [7, 11) is 0. The van der Waals surface area contributed by atoms with Crippen molar-refractivity contribution in [2.45, 2.75) is 34.1 Å². The molecule has 0 amide bonds. The van der Waals surface area contributed by atoms with Crippen LogP contribution in [0.3, 0.4) is 0 Å². The van der Waals surface area contributed by atoms with E-state index >= 15 is 0 Å². The van der Waals surface area contributed by atoms with Crippen molar-refractivity contribution >= 4 is 0 Å². The molecule has 1 saturated carbocycles. The van der Waals surface area contributed by atoms with Gasteiger partial charge in [-0.2, -0.15) is 0 Å². The normalized spacial score (nSPS) is 54.9. The van der Waals surface area contributed by atoms with Gasteiger partial charge in [-0.05, 0) is 17.8 Å². The van der Waals surface area contributed by atoms with E-state index in [1.807, 2.05) is 13.8 Å². The minimum atomic E-state index is -0.509. The molecule has 0 heterocycles. The number of halogens is 2. The van der Waals surface area contributed by atoms with Crippen molar-refractivity contribution in [1.29, 1.82) is 0 Å². The maximum atomic E-state index is 13.6. The number of rotatable bonds is 0. The highest BCUT2D eigenvalue weighted by atomic mass is 19.2. The van der Waals surface area contributed by atoms with E-state index in [0.29, 0.717) is 0 Å². The molecule has 0 N–H and O–H groups in total. The maximum Gasteiger partial charge on any atom is 0.138 e. The highest BCUT2D eigenvalue weighted by Crippen LogP contribution is 2.75. The highest BCUT2D eigenvalue weighted by molar-refractivity contribution is 5.33. The molecule has 0 aliphatic heterocycles. The van der Waals surface area contributed by atoms with Crippen molar-refractivity contribution in [2.75, 3.05) is 0 Å². The van der Waals surface area contributed by atoms with Crippen LogP contribution in [0.4, 0.5) is 8.78 Å². The van der Waals surface area contributed by atoms with Gasteiger partial charge in [0.1, 0.15) is 11.7 Å². The summed E-state index contributed by atoms with van der Waals surface area (Å²) in [5.74, 6) is -0.997. The largest absolute Gasteiger partial charge is 0.209 e. The second-order valence-corrected chi connectivity index (χ2v) is 5.17. The van der Waals surface area contributed by atoms with E-state index in [1.54, 1.807) is 6.92 Å². The lowest BCUT2D eigenvalue weighted by atomic mass is 9.72. The average Bonchev–Trinajstić information content (AvgIpc) is 2.66. The first-order valence-corrected chi connectivity index (χ1v) is 4.90. The van der Waals surface area contributed by atoms with Crippen LogP contribution in [0.25, 0.3) is 0 Å². The van der Waals surface area contributed by atoms with Crippen molar-refractivity contribution in [1.82, 2.24) is 0 Å². The van der Waals surface area contributed by atoms with Crippen molar-refractivity contribution < 1.29 is 8.78 Å². The Morgan fingerprint density at radius 1 is 1.23 bits per heavy atom. The van der Waals surface area contributed by atoms with Gasteiger partial charge in [0.15, 0.2) is 0 Å². The Kier molecular flexibility index (Phi) is 1.52. The second-order valence-electron chi connectivity index (χ2n) is 5.17. The van der Waals surface area contributed by atoms with E-state index in [9.17, 15) is 8.78 Å². The first-order valence-electron chi connectivity index (χ1n) is 4.90. The molecule has 2 heteroatoms. The Hall–Kier alpha value is -0.400. The van der Waals surface area contributed by atoms with Crippen molar-refractivity contribution in [3.05, 3.63) is 11.7 Å². The number of hydrogen-bond donors (Lipinski definition) is 0. The van der Waals surface area contributed by atoms with Crippen molar-refractivity contribution in [3.8, 4) is 0 Å². The Labute approximate surface area is 78.0 Å². The van der Waals surface area contributed by atoms with Crippen LogP contribution in [0.2, 0.25) is 0 Å². The van der Waals surface area contributed by atoms with Gasteiger partial charge in [-0.1, -0.05) is 27.7 Å². The van der Waals surface area contributed by atoms with Gasteiger partial charge in [0.25, 0.3) is 0 Å². The summed E-state index contributed by atoms with van der Waals surface area (Å²) in [6.07, 6.45) is 0.796. The van der Waals surface area contributed by atoms with E-state index in [2.05, 4.69) is 6.92 Å². The van der Waals surface area contributed by atoms with Crippen molar-refractivity contribution in [3.63, 3.8) is 0 Å². The maximum absolute atomic E-state index is 13.6. The average molecular weight is 186 g/mol. The quantitative estimate of drug-likeness (QED) is 0.539. The van der Waals surface area contributed by atoms with E-state index in [4.69, 9.17) is 0 Å². The van der Waals surface area contributed by atoms with Crippen LogP contribution >= 0.6 is 0 Å². The molecule has 4 unspecified atom stereocenters. The van der Waals surface area contributed by atoms with Gasteiger partial charge < -0.3 is 0 Å². The fraction of sp³-hybridized carbons (Fsp3) is 0.818. The predicted octanol–water partition coefficient (Wildman–Crippen LogP) is 3.84. The van der Waals surface area contributed by atoms with Gasteiger partial charge in [-0.25, -0.2) is 8.78 Å². The molecular formula is C11H16F2. The minimum absolute atomic E-state index is 0.00785. The zero-order valence-electron chi connectivity index (χ0n) is 8.62. The summed E-state index contributed by atoms with van der Waals surface area (Å²) < 4.78 is 27.0. The van der Waals surface area contributed by atoms with Gasteiger partial charge >= 0.3 is 0 Å². The molecule has 1 fully saturated rings. The standard InChI is InChI=1S/C11H16F2/c1-6-7(2)10(3)5-11(10,4)9(13)8(6)12/h6-7H,5H2,1-4H3. The van der Waals surface area contributed by atoms with Gasteiger partial charge in [0, 0.05) is 11.3 Å². The summed E-state index contributed by atoms with van der Waals surface area (Å²) >= 11 is 0. The summed E-state index contributed by atoms with van der Waals surface area (Å²) in [5.41, 5.74) is -0.505. The Morgan fingerprint density at radius 2 is 1.77 bits per heavy atom. The van der Waals surface area contributed by atoms with Crippen LogP contribution in [-0.2, 0) is 0 Å². The molecule has 0 saturated heterocycles. The summed E-state index contributed by atoms with van der Waals surface area (Å²) in [6.45, 7) is 7.72. The molecule has 0 bridgehead atoms. The summed E-state index contributed by atoms with van der Waals surface area (Å²) in [5, 5.41) is 0. The molecule has 0 spiro atoms. The molecule has 2 aliphatic carbocycles. The van der Waals surface area contributed by atoms with Gasteiger partial charge in [-0.15, -0.1) is 0 Å². The number of allylic oxidation sites excluding steroid dienone is 2. The summed E-state index contributed by atoms with van der Waals surface area (Å²) in [6, 6.07) is 0. The number of fused-ring (bicyclic) bond motifs is 1. The SMILES string of the molecule is CC1C(F)=C(F)C2(C)CC2(C)C1C. The monoisotopic (exact) mass is 186 g/mol. The summed E-state index contributed by atoms with van der Waals surface area (Å²) in [4.78, 5) is 0. The molecule has 0 aromatic rings. The smallest absolute Gasteiger partial charge is 0.138 e. The van der Waals surface area contributed by atoms with Crippen LogP contribution in [-0.4, -0.2) is 0 Å². The number of hydrogen-bond acceptors (Lipinski definition) is 0. The van der Waals surface area contributed by atoms with Crippen LogP contribution in [0, 0.1) is 22.7 Å². The lowest BCUT2D eigenvalue weighted by Crippen LogP contribution is -2.29. The molecule has 2 rings (SSSR count). The first-order chi connectivity index (χ1) is 5.84. The third-order valence-corrected chi connectivity index (χ3v) is 4.71. The van der Waals surface area contributed by atoms with E-state index in [0.717, 1.165) is 6.42 Å².